The lowest BCUT2D eigenvalue weighted by atomic mass is 10.1. The lowest BCUT2D eigenvalue weighted by molar-refractivity contribution is -0.116. The van der Waals surface area contributed by atoms with E-state index in [0.29, 0.717) is 10.9 Å². The zero-order chi connectivity index (χ0) is 21.2. The first kappa shape index (κ1) is 19.2. The molecule has 7 nitrogen and oxygen atoms in total. The Morgan fingerprint density at radius 2 is 1.90 bits per heavy atom. The Labute approximate surface area is 179 Å². The van der Waals surface area contributed by atoms with Crippen LogP contribution in [0.1, 0.15) is 25.1 Å². The van der Waals surface area contributed by atoms with E-state index in [1.807, 2.05) is 36.4 Å². The number of rotatable bonds is 5. The average Bonchev–Trinajstić information content (AvgIpc) is 3.23. The number of imidazole rings is 1. The molecule has 0 fully saturated rings. The zero-order valence-electron chi connectivity index (χ0n) is 17.1. The van der Waals surface area contributed by atoms with Crippen molar-refractivity contribution in [3.8, 4) is 11.3 Å². The van der Waals surface area contributed by atoms with Gasteiger partial charge in [0.1, 0.15) is 5.82 Å². The molecule has 7 heteroatoms. The van der Waals surface area contributed by atoms with Crippen molar-refractivity contribution in [2.24, 2.45) is 0 Å². The second-order valence-corrected chi connectivity index (χ2v) is 7.80. The van der Waals surface area contributed by atoms with E-state index in [4.69, 9.17) is 4.98 Å². The molecule has 0 unspecified atom stereocenters. The van der Waals surface area contributed by atoms with Crippen LogP contribution in [0.2, 0.25) is 0 Å². The summed E-state index contributed by atoms with van der Waals surface area (Å²) >= 11 is 0. The van der Waals surface area contributed by atoms with E-state index in [0.717, 1.165) is 42.2 Å². The summed E-state index contributed by atoms with van der Waals surface area (Å²) in [4.78, 5) is 34.4. The Morgan fingerprint density at radius 3 is 2.81 bits per heavy atom. The van der Waals surface area contributed by atoms with Crippen LogP contribution in [0.4, 0.5) is 5.69 Å². The number of carbonyl (C=O) groups is 1. The summed E-state index contributed by atoms with van der Waals surface area (Å²) in [6.45, 7) is 1.26. The highest BCUT2D eigenvalue weighted by atomic mass is 16.2. The van der Waals surface area contributed by atoms with Crippen molar-refractivity contribution in [1.29, 1.82) is 0 Å². The third kappa shape index (κ3) is 3.86. The average molecular weight is 413 g/mol. The number of aryl methyl sites for hydroxylation is 3. The lowest BCUT2D eigenvalue weighted by Crippen LogP contribution is -2.23. The molecule has 0 saturated carbocycles. The molecule has 2 aromatic carbocycles. The summed E-state index contributed by atoms with van der Waals surface area (Å²) in [5, 5.41) is 3.55. The lowest BCUT2D eigenvalue weighted by Gasteiger charge is -2.11. The van der Waals surface area contributed by atoms with Crippen molar-refractivity contribution in [3.05, 3.63) is 77.2 Å². The summed E-state index contributed by atoms with van der Waals surface area (Å²) in [5.74, 6) is 0.946. The molecule has 1 amide bonds. The van der Waals surface area contributed by atoms with Crippen LogP contribution in [0.25, 0.3) is 22.2 Å². The standard InChI is InChI=1S/C24H23N5O2/c30-23(12-14-29-16-25-19-9-3-2-8-18(19)24(29)31)27-20-10-4-1-7-17(20)21-15-28-13-6-5-11-22(28)26-21/h1-4,7-10,15-16H,5-6,11-14H2,(H,27,30). The molecule has 0 saturated heterocycles. The summed E-state index contributed by atoms with van der Waals surface area (Å²) < 4.78 is 3.69. The van der Waals surface area contributed by atoms with E-state index in [1.165, 1.54) is 17.3 Å². The Hall–Kier alpha value is -3.74. The van der Waals surface area contributed by atoms with E-state index in [-0.39, 0.29) is 24.4 Å². The maximum atomic E-state index is 12.7. The van der Waals surface area contributed by atoms with Crippen LogP contribution in [0, 0.1) is 0 Å². The van der Waals surface area contributed by atoms with Crippen molar-refractivity contribution < 1.29 is 4.79 Å². The first-order valence-electron chi connectivity index (χ1n) is 10.6. The molecule has 5 rings (SSSR count). The minimum atomic E-state index is -0.156. The van der Waals surface area contributed by atoms with Gasteiger partial charge >= 0.3 is 0 Å². The molecule has 1 N–H and O–H groups in total. The highest BCUT2D eigenvalue weighted by Gasteiger charge is 2.16. The molecule has 1 aliphatic heterocycles. The number of nitrogens with one attached hydrogen (secondary N) is 1. The van der Waals surface area contributed by atoms with E-state index < -0.39 is 0 Å². The molecule has 3 heterocycles. The Balaban J connectivity index is 1.32. The molecular weight excluding hydrogens is 390 g/mol. The van der Waals surface area contributed by atoms with Gasteiger partial charge in [-0.1, -0.05) is 30.3 Å². The predicted octanol–water partition coefficient (Wildman–Crippen LogP) is 3.63. The third-order valence-corrected chi connectivity index (χ3v) is 5.70. The van der Waals surface area contributed by atoms with Crippen LogP contribution in [-0.4, -0.2) is 25.0 Å². The van der Waals surface area contributed by atoms with E-state index in [9.17, 15) is 9.59 Å². The van der Waals surface area contributed by atoms with E-state index >= 15 is 0 Å². The summed E-state index contributed by atoms with van der Waals surface area (Å²) in [5.41, 5.74) is 3.03. The van der Waals surface area contributed by atoms with Crippen LogP contribution in [0.3, 0.4) is 0 Å². The maximum absolute atomic E-state index is 12.7. The number of aromatic nitrogens is 4. The molecule has 156 valence electrons. The van der Waals surface area contributed by atoms with Gasteiger partial charge in [0.25, 0.3) is 5.56 Å². The Morgan fingerprint density at radius 1 is 1.06 bits per heavy atom. The van der Waals surface area contributed by atoms with Crippen LogP contribution >= 0.6 is 0 Å². The molecule has 4 aromatic rings. The molecule has 0 aliphatic carbocycles. The topological polar surface area (TPSA) is 81.8 Å². The van der Waals surface area contributed by atoms with Crippen molar-refractivity contribution in [2.75, 3.05) is 5.32 Å². The number of hydrogen-bond acceptors (Lipinski definition) is 4. The molecular formula is C24H23N5O2. The fraction of sp³-hybridized carbons (Fsp3) is 0.250. The minimum absolute atomic E-state index is 0.137. The van der Waals surface area contributed by atoms with Crippen LogP contribution < -0.4 is 10.9 Å². The first-order chi connectivity index (χ1) is 15.2. The van der Waals surface area contributed by atoms with Gasteiger partial charge in [-0.15, -0.1) is 0 Å². The number of para-hydroxylation sites is 2. The number of anilines is 1. The summed E-state index contributed by atoms with van der Waals surface area (Å²) in [6, 6.07) is 14.9. The minimum Gasteiger partial charge on any atom is -0.334 e. The number of benzene rings is 2. The monoisotopic (exact) mass is 413 g/mol. The molecule has 31 heavy (non-hydrogen) atoms. The highest BCUT2D eigenvalue weighted by Crippen LogP contribution is 2.29. The highest BCUT2D eigenvalue weighted by molar-refractivity contribution is 5.95. The van der Waals surface area contributed by atoms with Crippen LogP contribution in [-0.2, 0) is 24.3 Å². The smallest absolute Gasteiger partial charge is 0.261 e. The van der Waals surface area contributed by atoms with Gasteiger partial charge in [-0.3, -0.25) is 14.2 Å². The van der Waals surface area contributed by atoms with Gasteiger partial charge in [0, 0.05) is 37.7 Å². The van der Waals surface area contributed by atoms with Gasteiger partial charge < -0.3 is 9.88 Å². The summed E-state index contributed by atoms with van der Waals surface area (Å²) in [7, 11) is 0. The second-order valence-electron chi connectivity index (χ2n) is 7.80. The van der Waals surface area contributed by atoms with Crippen molar-refractivity contribution in [1.82, 2.24) is 19.1 Å². The normalized spacial score (nSPS) is 13.2. The summed E-state index contributed by atoms with van der Waals surface area (Å²) in [6.07, 6.45) is 7.07. The van der Waals surface area contributed by atoms with Gasteiger partial charge in [-0.2, -0.15) is 0 Å². The van der Waals surface area contributed by atoms with Crippen molar-refractivity contribution in [2.45, 2.75) is 38.8 Å². The van der Waals surface area contributed by atoms with Crippen molar-refractivity contribution in [3.63, 3.8) is 0 Å². The van der Waals surface area contributed by atoms with Crippen LogP contribution in [0.15, 0.2) is 65.8 Å². The number of nitrogens with zero attached hydrogens (tertiary/aromatic N) is 4. The SMILES string of the molecule is O=C(CCn1cnc2ccccc2c1=O)Nc1ccccc1-c1cn2c(n1)CCCC2. The largest absolute Gasteiger partial charge is 0.334 e. The molecule has 0 bridgehead atoms. The first-order valence-corrected chi connectivity index (χ1v) is 10.6. The molecule has 2 aromatic heterocycles. The molecule has 0 radical (unpaired) electrons. The fourth-order valence-electron chi connectivity index (χ4n) is 4.06. The quantitative estimate of drug-likeness (QED) is 0.542. The molecule has 0 atom stereocenters. The van der Waals surface area contributed by atoms with E-state index in [1.54, 1.807) is 12.1 Å². The maximum Gasteiger partial charge on any atom is 0.261 e. The number of amides is 1. The Bertz CT molecular complexity index is 1300. The number of hydrogen-bond donors (Lipinski definition) is 1. The fourth-order valence-corrected chi connectivity index (χ4v) is 4.06. The third-order valence-electron chi connectivity index (χ3n) is 5.70. The number of carbonyl (C=O) groups excluding carboxylic acids is 1. The Kier molecular flexibility index (Phi) is 5.08. The van der Waals surface area contributed by atoms with Crippen molar-refractivity contribution >= 4 is 22.5 Å². The van der Waals surface area contributed by atoms with Gasteiger partial charge in [-0.05, 0) is 31.0 Å². The van der Waals surface area contributed by atoms with Gasteiger partial charge in [0.2, 0.25) is 5.91 Å². The second kappa shape index (κ2) is 8.18. The van der Waals surface area contributed by atoms with Gasteiger partial charge in [0.15, 0.2) is 0 Å². The number of fused-ring (bicyclic) bond motifs is 2. The molecule has 1 aliphatic rings. The zero-order valence-corrected chi connectivity index (χ0v) is 17.1. The van der Waals surface area contributed by atoms with E-state index in [2.05, 4.69) is 21.1 Å². The van der Waals surface area contributed by atoms with Gasteiger partial charge in [-0.25, -0.2) is 9.97 Å². The molecule has 0 spiro atoms. The van der Waals surface area contributed by atoms with Gasteiger partial charge in [0.05, 0.1) is 28.6 Å². The predicted molar refractivity (Wildman–Crippen MR) is 120 cm³/mol. The van der Waals surface area contributed by atoms with Crippen LogP contribution in [0.5, 0.6) is 0 Å².